The third kappa shape index (κ3) is 3.92. The molecule has 1 saturated heterocycles. The van der Waals surface area contributed by atoms with Gasteiger partial charge in [-0.2, -0.15) is 0 Å². The first-order valence-electron chi connectivity index (χ1n) is 7.23. The molecule has 3 N–H and O–H groups in total. The van der Waals surface area contributed by atoms with E-state index < -0.39 is 0 Å². The number of piperazine rings is 1. The van der Waals surface area contributed by atoms with Gasteiger partial charge in [0.25, 0.3) is 0 Å². The van der Waals surface area contributed by atoms with Gasteiger partial charge in [0, 0.05) is 37.8 Å². The molecular weight excluding hydrogens is 271 g/mol. The number of oxime groups is 1. The van der Waals surface area contributed by atoms with Gasteiger partial charge in [0.1, 0.15) is 5.82 Å². The maximum Gasteiger partial charge on any atom is 0.170 e. The molecule has 5 nitrogen and oxygen atoms in total. The molecule has 1 aliphatic rings. The lowest BCUT2D eigenvalue weighted by Gasteiger charge is -2.39. The van der Waals surface area contributed by atoms with Gasteiger partial charge in [-0.1, -0.05) is 12.1 Å². The molecule has 116 valence electrons. The average Bonchev–Trinajstić information content (AvgIpc) is 2.47. The van der Waals surface area contributed by atoms with E-state index in [-0.39, 0.29) is 11.7 Å². The molecule has 0 radical (unpaired) electrons. The lowest BCUT2D eigenvalue weighted by molar-refractivity contribution is 0.0883. The van der Waals surface area contributed by atoms with Crippen molar-refractivity contribution < 1.29 is 9.60 Å². The second kappa shape index (κ2) is 6.87. The molecule has 1 fully saturated rings. The summed E-state index contributed by atoms with van der Waals surface area (Å²) in [5, 5.41) is 11.6. The summed E-state index contributed by atoms with van der Waals surface area (Å²) in [6.45, 7) is 5.81. The standard InChI is InChI=1S/C15H23FN4O/c1-3-14-10-20(5-4-19(14)2)9-11-6-12(15(17)18-21)8-13(16)7-11/h6-8,14,21H,3-5,9-10H2,1-2H3,(H2,17,18). The number of nitrogens with two attached hydrogens (primary N) is 1. The van der Waals surface area contributed by atoms with Crippen molar-refractivity contribution in [2.45, 2.75) is 25.9 Å². The van der Waals surface area contributed by atoms with Crippen LogP contribution in [-0.2, 0) is 6.54 Å². The average molecular weight is 294 g/mol. The highest BCUT2D eigenvalue weighted by Crippen LogP contribution is 2.16. The SMILES string of the molecule is CCC1CN(Cc2cc(F)cc(/C(N)=N/O)c2)CCN1C. The highest BCUT2D eigenvalue weighted by Gasteiger charge is 2.22. The summed E-state index contributed by atoms with van der Waals surface area (Å²) in [7, 11) is 2.14. The Morgan fingerprint density at radius 1 is 1.43 bits per heavy atom. The van der Waals surface area contributed by atoms with Gasteiger partial charge >= 0.3 is 0 Å². The van der Waals surface area contributed by atoms with Crippen molar-refractivity contribution in [2.24, 2.45) is 10.9 Å². The van der Waals surface area contributed by atoms with Gasteiger partial charge in [0.05, 0.1) is 0 Å². The summed E-state index contributed by atoms with van der Waals surface area (Å²) in [5.41, 5.74) is 6.79. The largest absolute Gasteiger partial charge is 0.409 e. The summed E-state index contributed by atoms with van der Waals surface area (Å²) in [6, 6.07) is 5.10. The number of nitrogens with zero attached hydrogens (tertiary/aromatic N) is 3. The maximum absolute atomic E-state index is 13.7. The van der Waals surface area contributed by atoms with Gasteiger partial charge in [0.2, 0.25) is 0 Å². The first-order chi connectivity index (χ1) is 10.0. The van der Waals surface area contributed by atoms with Gasteiger partial charge in [-0.05, 0) is 37.2 Å². The Hall–Kier alpha value is -1.66. The number of hydrogen-bond donors (Lipinski definition) is 2. The van der Waals surface area contributed by atoms with E-state index in [1.165, 1.54) is 12.1 Å². The highest BCUT2D eigenvalue weighted by atomic mass is 19.1. The summed E-state index contributed by atoms with van der Waals surface area (Å²) >= 11 is 0. The van der Waals surface area contributed by atoms with E-state index in [9.17, 15) is 4.39 Å². The Morgan fingerprint density at radius 3 is 2.86 bits per heavy atom. The lowest BCUT2D eigenvalue weighted by Crippen LogP contribution is -2.50. The Morgan fingerprint density at radius 2 is 2.19 bits per heavy atom. The Bertz CT molecular complexity index is 520. The van der Waals surface area contributed by atoms with Crippen LogP contribution in [0.4, 0.5) is 4.39 Å². The van der Waals surface area contributed by atoms with Gasteiger partial charge in [0.15, 0.2) is 5.84 Å². The molecule has 0 amide bonds. The highest BCUT2D eigenvalue weighted by molar-refractivity contribution is 5.97. The van der Waals surface area contributed by atoms with Crippen LogP contribution in [0.1, 0.15) is 24.5 Å². The molecule has 1 unspecified atom stereocenters. The number of halogens is 1. The Kier molecular flexibility index (Phi) is 5.14. The fraction of sp³-hybridized carbons (Fsp3) is 0.533. The molecule has 6 heteroatoms. The fourth-order valence-corrected chi connectivity index (χ4v) is 2.80. The molecule has 0 spiro atoms. The third-order valence-electron chi connectivity index (χ3n) is 4.10. The molecule has 0 aliphatic carbocycles. The quantitative estimate of drug-likeness (QED) is 0.382. The first-order valence-corrected chi connectivity index (χ1v) is 7.23. The minimum atomic E-state index is -0.365. The van der Waals surface area contributed by atoms with Gasteiger partial charge in [-0.3, -0.25) is 4.90 Å². The van der Waals surface area contributed by atoms with Crippen molar-refractivity contribution in [2.75, 3.05) is 26.7 Å². The van der Waals surface area contributed by atoms with Crippen molar-refractivity contribution in [1.82, 2.24) is 9.80 Å². The van der Waals surface area contributed by atoms with E-state index in [1.807, 2.05) is 0 Å². The lowest BCUT2D eigenvalue weighted by atomic mass is 10.1. The molecule has 1 heterocycles. The van der Waals surface area contributed by atoms with Crippen LogP contribution in [0.2, 0.25) is 0 Å². The number of hydrogen-bond acceptors (Lipinski definition) is 4. The van der Waals surface area contributed by atoms with Crippen LogP contribution in [0.15, 0.2) is 23.4 Å². The van der Waals surface area contributed by atoms with Crippen LogP contribution >= 0.6 is 0 Å². The topological polar surface area (TPSA) is 65.1 Å². The van der Waals surface area contributed by atoms with Crippen molar-refractivity contribution in [3.8, 4) is 0 Å². The predicted octanol–water partition coefficient (Wildman–Crippen LogP) is 1.45. The molecule has 1 aromatic carbocycles. The number of likely N-dealkylation sites (N-methyl/N-ethyl adjacent to an activating group) is 1. The van der Waals surface area contributed by atoms with Gasteiger partial charge in [-0.15, -0.1) is 0 Å². The number of amidine groups is 1. The summed E-state index contributed by atoms with van der Waals surface area (Å²) < 4.78 is 13.7. The molecule has 1 aromatic rings. The van der Waals surface area contributed by atoms with Crippen molar-refractivity contribution in [3.63, 3.8) is 0 Å². The van der Waals surface area contributed by atoms with E-state index in [2.05, 4.69) is 28.9 Å². The number of rotatable bonds is 4. The smallest absolute Gasteiger partial charge is 0.170 e. The fourth-order valence-electron chi connectivity index (χ4n) is 2.80. The van der Waals surface area contributed by atoms with E-state index >= 15 is 0 Å². The van der Waals surface area contributed by atoms with Crippen LogP contribution in [-0.4, -0.2) is 53.6 Å². The monoisotopic (exact) mass is 294 g/mol. The van der Waals surface area contributed by atoms with Crippen LogP contribution in [0.25, 0.3) is 0 Å². The number of benzene rings is 1. The molecule has 21 heavy (non-hydrogen) atoms. The molecule has 0 bridgehead atoms. The van der Waals surface area contributed by atoms with Crippen LogP contribution in [0.3, 0.4) is 0 Å². The first kappa shape index (κ1) is 15.7. The van der Waals surface area contributed by atoms with Crippen LogP contribution in [0.5, 0.6) is 0 Å². The summed E-state index contributed by atoms with van der Waals surface area (Å²) in [4.78, 5) is 4.68. The zero-order chi connectivity index (χ0) is 15.4. The second-order valence-electron chi connectivity index (χ2n) is 5.61. The van der Waals surface area contributed by atoms with Crippen molar-refractivity contribution in [1.29, 1.82) is 0 Å². The van der Waals surface area contributed by atoms with E-state index in [0.29, 0.717) is 18.2 Å². The van der Waals surface area contributed by atoms with Gasteiger partial charge in [-0.25, -0.2) is 4.39 Å². The van der Waals surface area contributed by atoms with Crippen LogP contribution in [0, 0.1) is 5.82 Å². The van der Waals surface area contributed by atoms with Crippen molar-refractivity contribution >= 4 is 5.84 Å². The molecule has 2 rings (SSSR count). The summed E-state index contributed by atoms with van der Waals surface area (Å²) in [5.74, 6) is -0.434. The van der Waals surface area contributed by atoms with E-state index in [0.717, 1.165) is 31.6 Å². The summed E-state index contributed by atoms with van der Waals surface area (Å²) in [6.07, 6.45) is 1.10. The normalized spacial score (nSPS) is 21.7. The zero-order valence-corrected chi connectivity index (χ0v) is 12.6. The zero-order valence-electron chi connectivity index (χ0n) is 12.6. The van der Waals surface area contributed by atoms with E-state index in [1.54, 1.807) is 6.07 Å². The Balaban J connectivity index is 2.11. The minimum Gasteiger partial charge on any atom is -0.409 e. The van der Waals surface area contributed by atoms with Gasteiger partial charge < -0.3 is 15.8 Å². The maximum atomic E-state index is 13.7. The van der Waals surface area contributed by atoms with Crippen LogP contribution < -0.4 is 5.73 Å². The Labute approximate surface area is 124 Å². The molecule has 0 saturated carbocycles. The molecule has 0 aromatic heterocycles. The second-order valence-corrected chi connectivity index (χ2v) is 5.61. The van der Waals surface area contributed by atoms with Crippen molar-refractivity contribution in [3.05, 3.63) is 35.1 Å². The molecular formula is C15H23FN4O. The third-order valence-corrected chi connectivity index (χ3v) is 4.10. The minimum absolute atomic E-state index is 0.0689. The van der Waals surface area contributed by atoms with E-state index in [4.69, 9.17) is 10.9 Å². The molecule has 1 atom stereocenters. The molecule has 1 aliphatic heterocycles. The predicted molar refractivity (Wildman–Crippen MR) is 80.9 cm³/mol.